The molecule has 1 aliphatic heterocycles. The van der Waals surface area contributed by atoms with Crippen LogP contribution >= 0.6 is 23.0 Å². The van der Waals surface area contributed by atoms with Crippen LogP contribution in [0.2, 0.25) is 0 Å². The predicted octanol–water partition coefficient (Wildman–Crippen LogP) is 4.54. The van der Waals surface area contributed by atoms with Crippen molar-refractivity contribution in [3.63, 3.8) is 0 Å². The van der Waals surface area contributed by atoms with Crippen molar-refractivity contribution in [1.29, 1.82) is 0 Å². The van der Waals surface area contributed by atoms with Crippen LogP contribution in [0, 0.1) is 16.7 Å². The molecule has 1 saturated heterocycles. The van der Waals surface area contributed by atoms with Gasteiger partial charge in [-0.15, -0.1) is 0 Å². The highest BCUT2D eigenvalue weighted by molar-refractivity contribution is 14.1. The quantitative estimate of drug-likeness (QED) is 0.0956. The first-order valence-electron chi connectivity index (χ1n) is 19.7. The zero-order valence-electron chi connectivity index (χ0n) is 33.7. The Morgan fingerprint density at radius 3 is 2.03 bits per heavy atom. The molecule has 4 aliphatic rings. The van der Waals surface area contributed by atoms with E-state index in [0.29, 0.717) is 11.1 Å². The standard InChI is InChI=1S/C45H48INO13/c1-24-29(57-41(54)34(50)33(26-15-9-6-10-16-26)47-39(52)27-17-11-7-12-18-27)22-45(55)38(58-40(53)28-19-13-8-14-20-28)36-43(5,37(51)35(60-46)32(24)42(45,3)4)30(49)21-31-44(36,23-56-31)59-25(2)48/h6-20,29-31,33-36,38,49-50,55H,21-23H2,1-5H3,(H,47,52)/t29-,30?,31+,33?,34+,35?,36-,38-,43-,44-,45?/m0/s1. The number of fused-ring (bicyclic) bond motifs is 5. The van der Waals surface area contributed by atoms with E-state index in [1.54, 1.807) is 123 Å². The number of carbonyl (C=O) groups excluding carboxylic acids is 5. The van der Waals surface area contributed by atoms with Gasteiger partial charge in [0.25, 0.3) is 5.91 Å². The van der Waals surface area contributed by atoms with E-state index in [1.807, 2.05) is 0 Å². The molecule has 0 aromatic heterocycles. The van der Waals surface area contributed by atoms with Gasteiger partial charge in [-0.1, -0.05) is 80.6 Å². The Morgan fingerprint density at radius 1 is 0.900 bits per heavy atom. The molecule has 1 heterocycles. The predicted molar refractivity (Wildman–Crippen MR) is 221 cm³/mol. The third-order valence-electron chi connectivity index (χ3n) is 13.3. The van der Waals surface area contributed by atoms with Crippen molar-refractivity contribution < 1.29 is 61.3 Å². The number of halogens is 1. The molecule has 0 radical (unpaired) electrons. The van der Waals surface area contributed by atoms with E-state index in [4.69, 9.17) is 22.0 Å². The Bertz CT molecular complexity index is 2180. The summed E-state index contributed by atoms with van der Waals surface area (Å²) in [6.45, 7) is 7.35. The van der Waals surface area contributed by atoms with Crippen molar-refractivity contribution in [3.05, 3.63) is 119 Å². The number of amides is 1. The molecule has 2 saturated carbocycles. The van der Waals surface area contributed by atoms with Gasteiger partial charge >= 0.3 is 17.9 Å². The normalized spacial score (nSPS) is 32.6. The molecule has 3 aliphatic carbocycles. The summed E-state index contributed by atoms with van der Waals surface area (Å²) < 4.78 is 30.5. The number of Topliss-reactive ketones (excluding diaryl/α,β-unsaturated/α-hetero) is 1. The van der Waals surface area contributed by atoms with Gasteiger partial charge in [0, 0.05) is 30.7 Å². The van der Waals surface area contributed by atoms with Crippen LogP contribution in [0.1, 0.15) is 79.8 Å². The van der Waals surface area contributed by atoms with E-state index in [-0.39, 0.29) is 29.7 Å². The first-order valence-corrected chi connectivity index (χ1v) is 20.6. The average Bonchev–Trinajstić information content (AvgIpc) is 3.23. The average molecular weight is 938 g/mol. The second kappa shape index (κ2) is 16.4. The molecular formula is C45H48INO13. The summed E-state index contributed by atoms with van der Waals surface area (Å²) in [5.41, 5.74) is -6.04. The summed E-state index contributed by atoms with van der Waals surface area (Å²) in [7, 11) is 0. The van der Waals surface area contributed by atoms with Crippen molar-refractivity contribution in [2.75, 3.05) is 6.61 Å². The molecule has 3 aromatic carbocycles. The van der Waals surface area contributed by atoms with Crippen molar-refractivity contribution >= 4 is 52.6 Å². The number of ether oxygens (including phenoxy) is 4. The number of rotatable bonds is 10. The highest BCUT2D eigenvalue weighted by atomic mass is 127. The summed E-state index contributed by atoms with van der Waals surface area (Å²) in [5, 5.41) is 40.1. The lowest BCUT2D eigenvalue weighted by Crippen LogP contribution is -2.81. The molecule has 14 nitrogen and oxygen atoms in total. The fourth-order valence-electron chi connectivity index (χ4n) is 9.99. The largest absolute Gasteiger partial charge is 0.456 e. The van der Waals surface area contributed by atoms with Crippen LogP contribution in [0.3, 0.4) is 0 Å². The fraction of sp³-hybridized carbons (Fsp3) is 0.444. The van der Waals surface area contributed by atoms with Gasteiger partial charge in [-0.3, -0.25) is 17.4 Å². The number of nitrogens with one attached hydrogen (secondary N) is 1. The van der Waals surface area contributed by atoms with Gasteiger partial charge in [0.2, 0.25) is 0 Å². The van der Waals surface area contributed by atoms with Gasteiger partial charge in [0.1, 0.15) is 46.9 Å². The van der Waals surface area contributed by atoms with E-state index in [2.05, 4.69) is 5.32 Å². The van der Waals surface area contributed by atoms with E-state index in [9.17, 15) is 34.5 Å². The Morgan fingerprint density at radius 2 is 1.48 bits per heavy atom. The monoisotopic (exact) mass is 937 g/mol. The van der Waals surface area contributed by atoms with Crippen LogP contribution < -0.4 is 5.32 Å². The number of benzene rings is 3. The minimum Gasteiger partial charge on any atom is -0.456 e. The van der Waals surface area contributed by atoms with Crippen molar-refractivity contribution in [2.45, 2.75) is 101 Å². The molecule has 60 heavy (non-hydrogen) atoms. The van der Waals surface area contributed by atoms with Gasteiger partial charge in [0.15, 0.2) is 23.6 Å². The molecule has 3 fully saturated rings. The van der Waals surface area contributed by atoms with Gasteiger partial charge in [-0.25, -0.2) is 9.59 Å². The number of aliphatic hydroxyl groups is 3. The molecule has 1 amide bonds. The number of hydrogen-bond acceptors (Lipinski definition) is 13. The number of aliphatic hydroxyl groups excluding tert-OH is 2. The molecule has 318 valence electrons. The highest BCUT2D eigenvalue weighted by Gasteiger charge is 2.78. The van der Waals surface area contributed by atoms with Gasteiger partial charge in [-0.05, 0) is 54.8 Å². The second-order valence-corrected chi connectivity index (χ2v) is 17.3. The van der Waals surface area contributed by atoms with Crippen molar-refractivity contribution in [2.24, 2.45) is 16.7 Å². The van der Waals surface area contributed by atoms with E-state index in [1.165, 1.54) is 26.0 Å². The van der Waals surface area contributed by atoms with Gasteiger partial charge in [0.05, 0.1) is 35.6 Å². The van der Waals surface area contributed by atoms with Gasteiger partial charge < -0.3 is 39.6 Å². The molecular weight excluding hydrogens is 889 g/mol. The Labute approximate surface area is 361 Å². The highest BCUT2D eigenvalue weighted by Crippen LogP contribution is 2.64. The SMILES string of the molecule is CC(=O)O[C@@]12CO[C@@H]1CC(O)[C@]1(C)C(=O)C(OI)C3=C(C)[C@@H](OC(=O)[C@H](O)C(NC(=O)c4ccccc4)c4ccccc4)CC(O)([C@@H](OC(=O)c4ccccc4)[C@H]21)C3(C)C. The molecule has 11 atom stereocenters. The van der Waals surface area contributed by atoms with E-state index < -0.39 is 107 Å². The van der Waals surface area contributed by atoms with Crippen LogP contribution in [0.4, 0.5) is 0 Å². The maximum atomic E-state index is 15.3. The lowest BCUT2D eigenvalue weighted by molar-refractivity contribution is -0.345. The summed E-state index contributed by atoms with van der Waals surface area (Å²) in [6.07, 6.45) is -9.55. The van der Waals surface area contributed by atoms with Crippen LogP contribution in [0.15, 0.2) is 102 Å². The minimum absolute atomic E-state index is 0.111. The molecule has 3 aromatic rings. The minimum atomic E-state index is -2.27. The maximum absolute atomic E-state index is 15.3. The summed E-state index contributed by atoms with van der Waals surface area (Å²) in [5.74, 6) is -5.44. The van der Waals surface area contributed by atoms with Crippen molar-refractivity contribution in [1.82, 2.24) is 5.32 Å². The lowest BCUT2D eigenvalue weighted by Gasteiger charge is -2.67. The Kier molecular flexibility index (Phi) is 11.9. The van der Waals surface area contributed by atoms with E-state index >= 15 is 4.79 Å². The molecule has 7 rings (SSSR count). The smallest absolute Gasteiger partial charge is 0.338 e. The summed E-state index contributed by atoms with van der Waals surface area (Å²) in [6, 6.07) is 23.3. The number of carbonyl (C=O) groups is 5. The van der Waals surface area contributed by atoms with Gasteiger partial charge in [-0.2, -0.15) is 0 Å². The zero-order chi connectivity index (χ0) is 43.4. The van der Waals surface area contributed by atoms with Crippen molar-refractivity contribution in [3.8, 4) is 0 Å². The molecule has 0 spiro atoms. The van der Waals surface area contributed by atoms with Crippen LogP contribution in [0.5, 0.6) is 0 Å². The summed E-state index contributed by atoms with van der Waals surface area (Å²) in [4.78, 5) is 70.1. The Hall–Kier alpha value is -4.52. The molecule has 4 N–H and O–H groups in total. The lowest BCUT2D eigenvalue weighted by atomic mass is 9.44. The number of hydrogen-bond donors (Lipinski definition) is 4. The van der Waals surface area contributed by atoms with Crippen LogP contribution in [-0.2, 0) is 36.4 Å². The first kappa shape index (κ1) is 43.6. The number of ketones is 1. The van der Waals surface area contributed by atoms with Crippen LogP contribution in [0.25, 0.3) is 0 Å². The molecule has 2 bridgehead atoms. The van der Waals surface area contributed by atoms with Crippen LogP contribution in [-0.4, -0.2) is 99.4 Å². The second-order valence-electron chi connectivity index (χ2n) is 16.8. The molecule has 15 heteroatoms. The fourth-order valence-corrected chi connectivity index (χ4v) is 10.5. The maximum Gasteiger partial charge on any atom is 0.338 e. The van der Waals surface area contributed by atoms with E-state index in [0.717, 1.165) is 0 Å². The topological polar surface area (TPSA) is 204 Å². The summed E-state index contributed by atoms with van der Waals surface area (Å²) >= 11 is 1.58. The third kappa shape index (κ3) is 7.06. The molecule has 4 unspecified atom stereocenters. The number of esters is 3. The first-order chi connectivity index (χ1) is 28.4. The third-order valence-corrected chi connectivity index (χ3v) is 13.8. The Balaban J connectivity index is 1.36. The zero-order valence-corrected chi connectivity index (χ0v) is 35.9.